The molecule has 0 radical (unpaired) electrons. The average molecular weight is 322 g/mol. The third kappa shape index (κ3) is 1.84. The minimum atomic E-state index is -0.298. The van der Waals surface area contributed by atoms with Gasteiger partial charge in [0.2, 0.25) is 0 Å². The standard InChI is InChI=1S/C20H22N2O2/c1-24-20-9-6-13(23)12-18(20)22-11-8-15-14-4-2-3-5-16(14)21-19(15)17(22)7-10-20/h2-6,9,17-18,21H,7-8,10-12H2,1H3/t17-,18+,20-/m0/s1. The first-order valence-corrected chi connectivity index (χ1v) is 8.84. The number of piperidine rings is 1. The Morgan fingerprint density at radius 3 is 3.08 bits per heavy atom. The summed E-state index contributed by atoms with van der Waals surface area (Å²) in [6.45, 7) is 0.996. The lowest BCUT2D eigenvalue weighted by atomic mass is 9.73. The molecule has 2 aliphatic heterocycles. The molecule has 5 rings (SSSR count). The second kappa shape index (κ2) is 5.04. The number of carbonyl (C=O) groups excluding carboxylic acids is 1. The van der Waals surface area contributed by atoms with E-state index in [0.717, 1.165) is 25.8 Å². The molecule has 4 nitrogen and oxygen atoms in total. The molecule has 4 heteroatoms. The summed E-state index contributed by atoms with van der Waals surface area (Å²) < 4.78 is 5.94. The topological polar surface area (TPSA) is 45.3 Å². The van der Waals surface area contributed by atoms with Crippen LogP contribution in [0.2, 0.25) is 0 Å². The fraction of sp³-hybridized carbons (Fsp3) is 0.450. The number of aromatic amines is 1. The summed E-state index contributed by atoms with van der Waals surface area (Å²) in [5.74, 6) is 0.218. The molecule has 3 aliphatic rings. The molecule has 2 aromatic rings. The van der Waals surface area contributed by atoms with Crippen molar-refractivity contribution in [1.82, 2.24) is 9.88 Å². The Kier molecular flexibility index (Phi) is 3.03. The van der Waals surface area contributed by atoms with Crippen molar-refractivity contribution in [3.63, 3.8) is 0 Å². The minimum Gasteiger partial charge on any atom is -0.372 e. The predicted molar refractivity (Wildman–Crippen MR) is 93.0 cm³/mol. The molecule has 1 aliphatic carbocycles. The number of benzene rings is 1. The van der Waals surface area contributed by atoms with Gasteiger partial charge in [-0.3, -0.25) is 9.69 Å². The van der Waals surface area contributed by atoms with E-state index in [4.69, 9.17) is 4.74 Å². The van der Waals surface area contributed by atoms with Gasteiger partial charge in [0, 0.05) is 36.7 Å². The number of allylic oxidation sites excluding steroid dienone is 1. The van der Waals surface area contributed by atoms with Gasteiger partial charge < -0.3 is 9.72 Å². The molecule has 3 heterocycles. The van der Waals surface area contributed by atoms with Crippen molar-refractivity contribution in [1.29, 1.82) is 0 Å². The van der Waals surface area contributed by atoms with Gasteiger partial charge in [0.25, 0.3) is 0 Å². The number of ether oxygens (including phenoxy) is 1. The molecule has 3 atom stereocenters. The normalized spacial score (nSPS) is 32.5. The Bertz CT molecular complexity index is 852. The van der Waals surface area contributed by atoms with E-state index in [1.807, 2.05) is 6.08 Å². The quantitative estimate of drug-likeness (QED) is 0.877. The Hall–Kier alpha value is -1.91. The molecule has 1 fully saturated rings. The third-order valence-electron chi connectivity index (χ3n) is 6.30. The van der Waals surface area contributed by atoms with Gasteiger partial charge in [0.05, 0.1) is 12.1 Å². The van der Waals surface area contributed by atoms with Crippen LogP contribution in [-0.2, 0) is 16.0 Å². The molecule has 1 saturated heterocycles. The van der Waals surface area contributed by atoms with E-state index in [0.29, 0.717) is 12.5 Å². The van der Waals surface area contributed by atoms with Gasteiger partial charge in [-0.25, -0.2) is 0 Å². The molecular formula is C20H22N2O2. The zero-order valence-electron chi connectivity index (χ0n) is 13.9. The maximum absolute atomic E-state index is 12.1. The molecule has 0 saturated carbocycles. The molecule has 0 spiro atoms. The highest BCUT2D eigenvalue weighted by Gasteiger charge is 2.51. The van der Waals surface area contributed by atoms with Gasteiger partial charge in [0.15, 0.2) is 5.78 Å². The van der Waals surface area contributed by atoms with Crippen molar-refractivity contribution in [3.8, 4) is 0 Å². The monoisotopic (exact) mass is 322 g/mol. The largest absolute Gasteiger partial charge is 0.372 e. The first-order valence-electron chi connectivity index (χ1n) is 8.84. The number of rotatable bonds is 1. The maximum Gasteiger partial charge on any atom is 0.157 e. The first kappa shape index (κ1) is 14.4. The number of hydrogen-bond donors (Lipinski definition) is 1. The van der Waals surface area contributed by atoms with Gasteiger partial charge in [-0.1, -0.05) is 18.2 Å². The van der Waals surface area contributed by atoms with E-state index >= 15 is 0 Å². The van der Waals surface area contributed by atoms with Crippen LogP contribution in [0.1, 0.15) is 36.6 Å². The van der Waals surface area contributed by atoms with Crippen LogP contribution in [0.5, 0.6) is 0 Å². The number of carbonyl (C=O) groups is 1. The van der Waals surface area contributed by atoms with E-state index in [9.17, 15) is 4.79 Å². The summed E-state index contributed by atoms with van der Waals surface area (Å²) in [4.78, 5) is 18.2. The zero-order valence-corrected chi connectivity index (χ0v) is 13.9. The molecule has 0 unspecified atom stereocenters. The van der Waals surface area contributed by atoms with E-state index in [1.165, 1.54) is 22.2 Å². The maximum atomic E-state index is 12.1. The van der Waals surface area contributed by atoms with Crippen LogP contribution in [0.3, 0.4) is 0 Å². The molecule has 1 aromatic carbocycles. The molecule has 1 aromatic heterocycles. The second-order valence-electron chi connectivity index (χ2n) is 7.28. The highest BCUT2D eigenvalue weighted by Crippen LogP contribution is 2.48. The van der Waals surface area contributed by atoms with Crippen molar-refractivity contribution < 1.29 is 9.53 Å². The number of nitrogens with zero attached hydrogens (tertiary/aromatic N) is 1. The Morgan fingerprint density at radius 2 is 2.21 bits per heavy atom. The number of ketones is 1. The number of hydrogen-bond acceptors (Lipinski definition) is 3. The van der Waals surface area contributed by atoms with E-state index in [1.54, 1.807) is 13.2 Å². The summed E-state index contributed by atoms with van der Waals surface area (Å²) in [6.07, 6.45) is 7.36. The highest BCUT2D eigenvalue weighted by atomic mass is 16.5. The van der Waals surface area contributed by atoms with Crippen molar-refractivity contribution in [2.24, 2.45) is 0 Å². The van der Waals surface area contributed by atoms with E-state index < -0.39 is 0 Å². The second-order valence-corrected chi connectivity index (χ2v) is 7.28. The van der Waals surface area contributed by atoms with Gasteiger partial charge >= 0.3 is 0 Å². The smallest absolute Gasteiger partial charge is 0.157 e. The predicted octanol–water partition coefficient (Wildman–Crippen LogP) is 3.14. The summed E-state index contributed by atoms with van der Waals surface area (Å²) >= 11 is 0. The number of nitrogens with one attached hydrogen (secondary N) is 1. The van der Waals surface area contributed by atoms with Crippen molar-refractivity contribution >= 4 is 16.7 Å². The molecule has 0 amide bonds. The van der Waals surface area contributed by atoms with E-state index in [-0.39, 0.29) is 17.4 Å². The number of fused-ring (bicyclic) bond motifs is 7. The Labute approximate surface area is 141 Å². The van der Waals surface area contributed by atoms with Crippen LogP contribution < -0.4 is 0 Å². The van der Waals surface area contributed by atoms with Gasteiger partial charge in [-0.05, 0) is 43.0 Å². The summed E-state index contributed by atoms with van der Waals surface area (Å²) in [7, 11) is 1.78. The van der Waals surface area contributed by atoms with Crippen LogP contribution in [0.15, 0.2) is 36.4 Å². The summed E-state index contributed by atoms with van der Waals surface area (Å²) in [5.41, 5.74) is 3.75. The molecular weight excluding hydrogens is 300 g/mol. The van der Waals surface area contributed by atoms with Crippen LogP contribution >= 0.6 is 0 Å². The fourth-order valence-electron chi connectivity index (χ4n) is 5.11. The summed E-state index contributed by atoms with van der Waals surface area (Å²) in [6, 6.07) is 9.10. The third-order valence-corrected chi connectivity index (χ3v) is 6.30. The van der Waals surface area contributed by atoms with E-state index in [2.05, 4.69) is 34.1 Å². The minimum absolute atomic E-state index is 0.151. The first-order chi connectivity index (χ1) is 11.7. The SMILES string of the molecule is CO[C@]12C=CC(=O)C[C@H]1N1CCc3c([nH]c4ccccc34)[C@@H]1CC2. The Morgan fingerprint density at radius 1 is 1.33 bits per heavy atom. The fourth-order valence-corrected chi connectivity index (χ4v) is 5.11. The van der Waals surface area contributed by atoms with Crippen LogP contribution in [0, 0.1) is 0 Å². The van der Waals surface area contributed by atoms with Crippen molar-refractivity contribution in [2.45, 2.75) is 43.4 Å². The van der Waals surface area contributed by atoms with Crippen LogP contribution in [-0.4, -0.2) is 41.0 Å². The highest BCUT2D eigenvalue weighted by molar-refractivity contribution is 5.91. The van der Waals surface area contributed by atoms with Gasteiger partial charge in [0.1, 0.15) is 5.60 Å². The molecule has 0 bridgehead atoms. The Balaban J connectivity index is 1.60. The van der Waals surface area contributed by atoms with Crippen LogP contribution in [0.4, 0.5) is 0 Å². The lowest BCUT2D eigenvalue weighted by Crippen LogP contribution is -2.61. The summed E-state index contributed by atoms with van der Waals surface area (Å²) in [5, 5.41) is 1.36. The lowest BCUT2D eigenvalue weighted by molar-refractivity contribution is -0.131. The number of H-pyrrole nitrogens is 1. The molecule has 1 N–H and O–H groups in total. The number of aromatic nitrogens is 1. The molecule has 124 valence electrons. The molecule has 24 heavy (non-hydrogen) atoms. The van der Waals surface area contributed by atoms with Crippen LogP contribution in [0.25, 0.3) is 10.9 Å². The zero-order chi connectivity index (χ0) is 16.3. The van der Waals surface area contributed by atoms with Gasteiger partial charge in [-0.15, -0.1) is 0 Å². The van der Waals surface area contributed by atoms with Crippen molar-refractivity contribution in [2.75, 3.05) is 13.7 Å². The van der Waals surface area contributed by atoms with Gasteiger partial charge in [-0.2, -0.15) is 0 Å². The average Bonchev–Trinajstić information content (AvgIpc) is 3.00. The number of methoxy groups -OCH3 is 1. The number of para-hydroxylation sites is 1. The van der Waals surface area contributed by atoms with Crippen molar-refractivity contribution in [3.05, 3.63) is 47.7 Å². The lowest BCUT2D eigenvalue weighted by Gasteiger charge is -2.54.